The van der Waals surface area contributed by atoms with Gasteiger partial charge in [-0.15, -0.1) is 11.3 Å². The monoisotopic (exact) mass is 343 g/mol. The van der Waals surface area contributed by atoms with Crippen molar-refractivity contribution in [3.63, 3.8) is 0 Å². The van der Waals surface area contributed by atoms with Crippen LogP contribution in [0.5, 0.6) is 0 Å². The van der Waals surface area contributed by atoms with Crippen molar-refractivity contribution in [3.05, 3.63) is 55.6 Å². The van der Waals surface area contributed by atoms with Crippen molar-refractivity contribution in [2.45, 2.75) is 6.54 Å². The van der Waals surface area contributed by atoms with Gasteiger partial charge in [0.2, 0.25) is 0 Å². The SMILES string of the molecule is CN(Cc1cc(Br)cs1)C(=O)c1cccc(Cl)c1. The van der Waals surface area contributed by atoms with E-state index in [9.17, 15) is 4.79 Å². The third-order valence-corrected chi connectivity index (χ3v) is 4.35. The van der Waals surface area contributed by atoms with Gasteiger partial charge in [0, 0.05) is 32.4 Å². The number of amides is 1. The molecule has 0 radical (unpaired) electrons. The summed E-state index contributed by atoms with van der Waals surface area (Å²) in [6.45, 7) is 0.599. The highest BCUT2D eigenvalue weighted by Gasteiger charge is 2.13. The van der Waals surface area contributed by atoms with E-state index in [1.54, 1.807) is 47.5 Å². The van der Waals surface area contributed by atoms with Crippen LogP contribution < -0.4 is 0 Å². The van der Waals surface area contributed by atoms with Gasteiger partial charge in [-0.05, 0) is 40.2 Å². The average Bonchev–Trinajstić information content (AvgIpc) is 2.73. The van der Waals surface area contributed by atoms with Crippen molar-refractivity contribution in [2.75, 3.05) is 7.05 Å². The molecule has 0 aliphatic carbocycles. The molecule has 0 N–H and O–H groups in total. The molecule has 0 saturated heterocycles. The number of hydrogen-bond donors (Lipinski definition) is 0. The van der Waals surface area contributed by atoms with Crippen LogP contribution >= 0.6 is 38.9 Å². The summed E-state index contributed by atoms with van der Waals surface area (Å²) in [5, 5.41) is 2.58. The molecule has 0 spiro atoms. The summed E-state index contributed by atoms with van der Waals surface area (Å²) in [4.78, 5) is 15.0. The van der Waals surface area contributed by atoms with Gasteiger partial charge in [0.05, 0.1) is 6.54 Å². The van der Waals surface area contributed by atoms with E-state index in [0.717, 1.165) is 9.35 Å². The molecule has 0 fully saturated rings. The maximum atomic E-state index is 12.2. The van der Waals surface area contributed by atoms with Gasteiger partial charge >= 0.3 is 0 Å². The van der Waals surface area contributed by atoms with Gasteiger partial charge in [0.15, 0.2) is 0 Å². The first-order valence-electron chi connectivity index (χ1n) is 5.30. The summed E-state index contributed by atoms with van der Waals surface area (Å²) in [7, 11) is 1.79. The predicted octanol–water partition coefficient (Wildman–Crippen LogP) is 4.44. The highest BCUT2D eigenvalue weighted by molar-refractivity contribution is 9.10. The highest BCUT2D eigenvalue weighted by atomic mass is 79.9. The fourth-order valence-corrected chi connectivity index (χ4v) is 3.28. The molecule has 0 bridgehead atoms. The Bertz CT molecular complexity index is 570. The van der Waals surface area contributed by atoms with Crippen LogP contribution in [-0.2, 0) is 6.54 Å². The topological polar surface area (TPSA) is 20.3 Å². The third kappa shape index (κ3) is 3.34. The van der Waals surface area contributed by atoms with Crippen LogP contribution in [0.4, 0.5) is 0 Å². The highest BCUT2D eigenvalue weighted by Crippen LogP contribution is 2.21. The second-order valence-corrected chi connectivity index (χ2v) is 6.25. The van der Waals surface area contributed by atoms with Gasteiger partial charge in [-0.2, -0.15) is 0 Å². The molecule has 94 valence electrons. The first-order valence-corrected chi connectivity index (χ1v) is 7.35. The zero-order valence-electron chi connectivity index (χ0n) is 9.69. The van der Waals surface area contributed by atoms with E-state index in [2.05, 4.69) is 15.9 Å². The number of carbonyl (C=O) groups is 1. The number of benzene rings is 1. The van der Waals surface area contributed by atoms with E-state index in [-0.39, 0.29) is 5.91 Å². The lowest BCUT2D eigenvalue weighted by Crippen LogP contribution is -2.25. The molecule has 1 amide bonds. The summed E-state index contributed by atoms with van der Waals surface area (Å²) < 4.78 is 1.05. The Balaban J connectivity index is 2.09. The zero-order valence-corrected chi connectivity index (χ0v) is 12.8. The lowest BCUT2D eigenvalue weighted by Gasteiger charge is -2.16. The Morgan fingerprint density at radius 3 is 2.83 bits per heavy atom. The second-order valence-electron chi connectivity index (χ2n) is 3.90. The standard InChI is InChI=1S/C13H11BrClNOS/c1-16(7-12-6-10(14)8-18-12)13(17)9-3-2-4-11(15)5-9/h2-6,8H,7H2,1H3. The Hall–Kier alpha value is -0.840. The lowest BCUT2D eigenvalue weighted by atomic mass is 10.2. The second kappa shape index (κ2) is 5.87. The Labute approximate surface area is 123 Å². The number of carbonyl (C=O) groups excluding carboxylic acids is 1. The molecule has 2 rings (SSSR count). The Morgan fingerprint density at radius 2 is 2.22 bits per heavy atom. The maximum absolute atomic E-state index is 12.2. The van der Waals surface area contributed by atoms with Gasteiger partial charge in [-0.3, -0.25) is 4.79 Å². The van der Waals surface area contributed by atoms with Crippen LogP contribution in [0.25, 0.3) is 0 Å². The van der Waals surface area contributed by atoms with Crippen molar-refractivity contribution in [2.24, 2.45) is 0 Å². The number of hydrogen-bond acceptors (Lipinski definition) is 2. The van der Waals surface area contributed by atoms with Crippen LogP contribution in [0.15, 0.2) is 40.2 Å². The molecule has 5 heteroatoms. The largest absolute Gasteiger partial charge is 0.337 e. The molecule has 0 saturated carbocycles. The fraction of sp³-hybridized carbons (Fsp3) is 0.154. The van der Waals surface area contributed by atoms with E-state index in [0.29, 0.717) is 17.1 Å². The van der Waals surface area contributed by atoms with Gasteiger partial charge < -0.3 is 4.90 Å². The molecule has 18 heavy (non-hydrogen) atoms. The van der Waals surface area contributed by atoms with Crippen LogP contribution in [0.3, 0.4) is 0 Å². The fourth-order valence-electron chi connectivity index (χ4n) is 1.58. The normalized spacial score (nSPS) is 10.4. The molecule has 2 aromatic rings. The van der Waals surface area contributed by atoms with Crippen LogP contribution in [0.1, 0.15) is 15.2 Å². The summed E-state index contributed by atoms with van der Waals surface area (Å²) in [5.74, 6) is -0.0259. The van der Waals surface area contributed by atoms with Crippen molar-refractivity contribution in [3.8, 4) is 0 Å². The Morgan fingerprint density at radius 1 is 1.44 bits per heavy atom. The minimum absolute atomic E-state index is 0.0259. The van der Waals surface area contributed by atoms with E-state index in [1.807, 2.05) is 11.4 Å². The summed E-state index contributed by atoms with van der Waals surface area (Å²) >= 11 is 10.9. The number of nitrogens with zero attached hydrogens (tertiary/aromatic N) is 1. The van der Waals surface area contributed by atoms with Crippen molar-refractivity contribution >= 4 is 44.8 Å². The van der Waals surface area contributed by atoms with Crippen LogP contribution in [-0.4, -0.2) is 17.9 Å². The van der Waals surface area contributed by atoms with Crippen LogP contribution in [0, 0.1) is 0 Å². The van der Waals surface area contributed by atoms with Crippen molar-refractivity contribution in [1.82, 2.24) is 4.90 Å². The van der Waals surface area contributed by atoms with Gasteiger partial charge in [0.1, 0.15) is 0 Å². The summed E-state index contributed by atoms with van der Waals surface area (Å²) in [6.07, 6.45) is 0. The molecule has 0 aliphatic heterocycles. The third-order valence-electron chi connectivity index (χ3n) is 2.43. The number of thiophene rings is 1. The number of halogens is 2. The minimum atomic E-state index is -0.0259. The van der Waals surface area contributed by atoms with E-state index in [4.69, 9.17) is 11.6 Å². The molecule has 0 unspecified atom stereocenters. The Kier molecular flexibility index (Phi) is 4.43. The first-order chi connectivity index (χ1) is 8.56. The maximum Gasteiger partial charge on any atom is 0.253 e. The summed E-state index contributed by atoms with van der Waals surface area (Å²) in [5.41, 5.74) is 0.612. The van der Waals surface area contributed by atoms with E-state index >= 15 is 0 Å². The van der Waals surface area contributed by atoms with E-state index in [1.165, 1.54) is 0 Å². The van der Waals surface area contributed by atoms with Gasteiger partial charge in [0.25, 0.3) is 5.91 Å². The average molecular weight is 345 g/mol. The molecule has 0 atom stereocenters. The van der Waals surface area contributed by atoms with Crippen molar-refractivity contribution in [1.29, 1.82) is 0 Å². The quantitative estimate of drug-likeness (QED) is 0.806. The summed E-state index contributed by atoms with van der Waals surface area (Å²) in [6, 6.07) is 9.02. The first kappa shape index (κ1) is 13.6. The minimum Gasteiger partial charge on any atom is -0.337 e. The van der Waals surface area contributed by atoms with Crippen LogP contribution in [0.2, 0.25) is 5.02 Å². The van der Waals surface area contributed by atoms with Gasteiger partial charge in [-0.1, -0.05) is 17.7 Å². The molecule has 1 aromatic heterocycles. The van der Waals surface area contributed by atoms with Crippen molar-refractivity contribution < 1.29 is 4.79 Å². The molecule has 2 nitrogen and oxygen atoms in total. The lowest BCUT2D eigenvalue weighted by molar-refractivity contribution is 0.0786. The van der Waals surface area contributed by atoms with Gasteiger partial charge in [-0.25, -0.2) is 0 Å². The number of rotatable bonds is 3. The predicted molar refractivity (Wildman–Crippen MR) is 79.3 cm³/mol. The molecule has 0 aliphatic rings. The molecular formula is C13H11BrClNOS. The molecule has 1 aromatic carbocycles. The van der Waals surface area contributed by atoms with E-state index < -0.39 is 0 Å². The smallest absolute Gasteiger partial charge is 0.253 e. The molecule has 1 heterocycles. The molecular weight excluding hydrogens is 334 g/mol. The zero-order chi connectivity index (χ0) is 13.1.